The van der Waals surface area contributed by atoms with Crippen LogP contribution >= 0.6 is 0 Å². The summed E-state index contributed by atoms with van der Waals surface area (Å²) in [5.74, 6) is -0.00122. The topological polar surface area (TPSA) is 49.8 Å². The maximum absolute atomic E-state index is 12.9. The summed E-state index contributed by atoms with van der Waals surface area (Å²) in [6.07, 6.45) is 2.95. The van der Waals surface area contributed by atoms with Crippen LogP contribution < -0.4 is 4.90 Å². The highest BCUT2D eigenvalue weighted by atomic mass is 19.1. The number of nitrogens with zero attached hydrogens (tertiary/aromatic N) is 1. The molecule has 1 spiro atoms. The van der Waals surface area contributed by atoms with Gasteiger partial charge in [0.05, 0.1) is 6.54 Å². The predicted octanol–water partition coefficient (Wildman–Crippen LogP) is 2.70. The van der Waals surface area contributed by atoms with Crippen molar-refractivity contribution in [3.63, 3.8) is 0 Å². The first-order valence-electron chi connectivity index (χ1n) is 6.99. The molecule has 1 aliphatic heterocycles. The molecule has 0 bridgehead atoms. The molecule has 20 heavy (non-hydrogen) atoms. The molecule has 1 aliphatic carbocycles. The van der Waals surface area contributed by atoms with Crippen molar-refractivity contribution in [2.45, 2.75) is 31.3 Å². The highest BCUT2D eigenvalue weighted by Crippen LogP contribution is 2.40. The zero-order valence-electron chi connectivity index (χ0n) is 11.2. The molecule has 0 aromatic heterocycles. The summed E-state index contributed by atoms with van der Waals surface area (Å²) in [6, 6.07) is 5.87. The fourth-order valence-electron chi connectivity index (χ4n) is 3.09. The molecule has 108 valence electrons. The van der Waals surface area contributed by atoms with Gasteiger partial charge in [-0.05, 0) is 55.9 Å². The Hall–Kier alpha value is -1.62. The maximum atomic E-state index is 12.9. The molecule has 1 aromatic carbocycles. The second kappa shape index (κ2) is 5.05. The average molecular weight is 279 g/mol. The van der Waals surface area contributed by atoms with Crippen molar-refractivity contribution in [1.82, 2.24) is 0 Å². The molecule has 1 heterocycles. The number of ether oxygens (including phenoxy) is 1. The van der Waals surface area contributed by atoms with E-state index in [-0.39, 0.29) is 18.5 Å². The molecule has 5 heteroatoms. The lowest BCUT2D eigenvalue weighted by atomic mass is 9.79. The number of aliphatic hydroxyl groups excluding tert-OH is 1. The number of aliphatic hydroxyl groups is 1. The first kappa shape index (κ1) is 13.4. The summed E-state index contributed by atoms with van der Waals surface area (Å²) < 4.78 is 18.5. The molecule has 1 saturated carbocycles. The minimum atomic E-state index is -0.433. The van der Waals surface area contributed by atoms with Gasteiger partial charge >= 0.3 is 6.09 Å². The van der Waals surface area contributed by atoms with Gasteiger partial charge in [-0.1, -0.05) is 0 Å². The van der Waals surface area contributed by atoms with Gasteiger partial charge in [-0.3, -0.25) is 4.90 Å². The molecule has 0 atom stereocenters. The minimum absolute atomic E-state index is 0.200. The Morgan fingerprint density at radius 1 is 1.30 bits per heavy atom. The summed E-state index contributed by atoms with van der Waals surface area (Å²) in [7, 11) is 0. The average Bonchev–Trinajstić information content (AvgIpc) is 2.77. The zero-order valence-corrected chi connectivity index (χ0v) is 11.2. The van der Waals surface area contributed by atoms with Gasteiger partial charge in [0.2, 0.25) is 0 Å². The third kappa shape index (κ3) is 2.38. The van der Waals surface area contributed by atoms with Gasteiger partial charge in [0.1, 0.15) is 11.4 Å². The van der Waals surface area contributed by atoms with E-state index in [1.54, 1.807) is 17.0 Å². The van der Waals surface area contributed by atoms with Crippen LogP contribution in [0.25, 0.3) is 0 Å². The second-order valence-electron chi connectivity index (χ2n) is 5.74. The Labute approximate surface area is 117 Å². The number of hydrogen-bond acceptors (Lipinski definition) is 3. The Balaban J connectivity index is 1.74. The van der Waals surface area contributed by atoms with Crippen molar-refractivity contribution in [2.24, 2.45) is 5.92 Å². The van der Waals surface area contributed by atoms with Crippen LogP contribution in [0.15, 0.2) is 24.3 Å². The fraction of sp³-hybridized carbons (Fsp3) is 0.533. The molecule has 1 aromatic rings. The van der Waals surface area contributed by atoms with Crippen molar-refractivity contribution < 1.29 is 19.0 Å². The number of benzene rings is 1. The molecule has 0 radical (unpaired) electrons. The lowest BCUT2D eigenvalue weighted by molar-refractivity contribution is 0.00557. The van der Waals surface area contributed by atoms with Crippen LogP contribution in [0.2, 0.25) is 0 Å². The third-order valence-corrected chi connectivity index (χ3v) is 4.38. The van der Waals surface area contributed by atoms with Crippen LogP contribution in [0, 0.1) is 11.7 Å². The summed E-state index contributed by atoms with van der Waals surface area (Å²) in [5, 5.41) is 9.18. The largest absolute Gasteiger partial charge is 0.441 e. The molecule has 4 nitrogen and oxygen atoms in total. The van der Waals surface area contributed by atoms with Crippen molar-refractivity contribution in [3.05, 3.63) is 30.1 Å². The first-order chi connectivity index (χ1) is 9.62. The van der Waals surface area contributed by atoms with Crippen molar-refractivity contribution in [2.75, 3.05) is 18.1 Å². The van der Waals surface area contributed by atoms with E-state index >= 15 is 0 Å². The van der Waals surface area contributed by atoms with Crippen molar-refractivity contribution >= 4 is 11.8 Å². The van der Waals surface area contributed by atoms with Gasteiger partial charge in [0.15, 0.2) is 0 Å². The van der Waals surface area contributed by atoms with Crippen LogP contribution in [-0.4, -0.2) is 30.0 Å². The molecule has 0 unspecified atom stereocenters. The Kier molecular flexibility index (Phi) is 3.38. The number of amides is 1. The van der Waals surface area contributed by atoms with E-state index in [2.05, 4.69) is 0 Å². The smallest absolute Gasteiger partial charge is 0.415 e. The number of carbonyl (C=O) groups is 1. The number of hydrogen-bond donors (Lipinski definition) is 1. The molecule has 1 N–H and O–H groups in total. The normalized spacial score (nSPS) is 29.8. The van der Waals surface area contributed by atoms with Crippen LogP contribution in [-0.2, 0) is 4.74 Å². The van der Waals surface area contributed by atoms with Crippen molar-refractivity contribution in [1.29, 1.82) is 0 Å². The van der Waals surface area contributed by atoms with Crippen molar-refractivity contribution in [3.8, 4) is 0 Å². The van der Waals surface area contributed by atoms with Gasteiger partial charge in [-0.15, -0.1) is 0 Å². The first-order valence-corrected chi connectivity index (χ1v) is 6.99. The number of rotatable bonds is 2. The van der Waals surface area contributed by atoms with Gasteiger partial charge in [-0.2, -0.15) is 0 Å². The van der Waals surface area contributed by atoms with Crippen LogP contribution in [0.4, 0.5) is 14.9 Å². The lowest BCUT2D eigenvalue weighted by Gasteiger charge is -2.34. The summed E-state index contributed by atoms with van der Waals surface area (Å²) in [6.45, 7) is 0.710. The number of carbonyl (C=O) groups excluding carboxylic acids is 1. The molecule has 1 saturated heterocycles. The summed E-state index contributed by atoms with van der Waals surface area (Å²) in [5.41, 5.74) is 0.231. The van der Waals surface area contributed by atoms with E-state index in [0.717, 1.165) is 25.7 Å². The van der Waals surface area contributed by atoms with E-state index in [4.69, 9.17) is 4.74 Å². The standard InChI is InChI=1S/C15H18FNO3/c16-12-1-3-13(4-2-12)17-10-15(20-14(17)19)7-5-11(9-18)6-8-15/h1-4,11,18H,5-10H2/t11-,15-. The lowest BCUT2D eigenvalue weighted by Crippen LogP contribution is -2.39. The number of anilines is 1. The van der Waals surface area contributed by atoms with E-state index in [0.29, 0.717) is 18.2 Å². The SMILES string of the molecule is O=C1O[C@]2(CC[C@H](CO)CC2)CN1c1ccc(F)cc1. The van der Waals surface area contributed by atoms with Crippen LogP contribution in [0.1, 0.15) is 25.7 Å². The highest BCUT2D eigenvalue weighted by Gasteiger charge is 2.47. The minimum Gasteiger partial charge on any atom is -0.441 e. The Morgan fingerprint density at radius 3 is 2.55 bits per heavy atom. The molecular formula is C15H18FNO3. The molecule has 3 rings (SSSR count). The fourth-order valence-corrected chi connectivity index (χ4v) is 3.09. The van der Waals surface area contributed by atoms with Gasteiger partial charge in [0, 0.05) is 12.3 Å². The highest BCUT2D eigenvalue weighted by molar-refractivity contribution is 5.90. The summed E-state index contributed by atoms with van der Waals surface area (Å²) in [4.78, 5) is 13.6. The summed E-state index contributed by atoms with van der Waals surface area (Å²) >= 11 is 0. The van der Waals surface area contributed by atoms with E-state index < -0.39 is 5.60 Å². The zero-order chi connectivity index (χ0) is 14.2. The van der Waals surface area contributed by atoms with Crippen LogP contribution in [0.3, 0.4) is 0 Å². The van der Waals surface area contributed by atoms with Gasteiger partial charge < -0.3 is 9.84 Å². The second-order valence-corrected chi connectivity index (χ2v) is 5.74. The Morgan fingerprint density at radius 2 is 1.95 bits per heavy atom. The Bertz CT molecular complexity index is 494. The van der Waals surface area contributed by atoms with E-state index in [1.807, 2.05) is 0 Å². The van der Waals surface area contributed by atoms with E-state index in [1.165, 1.54) is 12.1 Å². The molecule has 2 aliphatic rings. The quantitative estimate of drug-likeness (QED) is 0.905. The van der Waals surface area contributed by atoms with Gasteiger partial charge in [0.25, 0.3) is 0 Å². The monoisotopic (exact) mass is 279 g/mol. The molecule has 2 fully saturated rings. The predicted molar refractivity (Wildman–Crippen MR) is 72.0 cm³/mol. The molecule has 1 amide bonds. The third-order valence-electron chi connectivity index (χ3n) is 4.38. The van der Waals surface area contributed by atoms with Gasteiger partial charge in [-0.25, -0.2) is 9.18 Å². The number of halogens is 1. The maximum Gasteiger partial charge on any atom is 0.415 e. The van der Waals surface area contributed by atoms with Crippen LogP contribution in [0.5, 0.6) is 0 Å². The molecular weight excluding hydrogens is 261 g/mol. The van der Waals surface area contributed by atoms with E-state index in [9.17, 15) is 14.3 Å².